The summed E-state index contributed by atoms with van der Waals surface area (Å²) in [6.07, 6.45) is 7.64. The second kappa shape index (κ2) is 10.1. The number of nitrogens with one attached hydrogen (secondary N) is 1. The minimum Gasteiger partial charge on any atom is -0.467 e. The molecule has 2 unspecified atom stereocenters. The summed E-state index contributed by atoms with van der Waals surface area (Å²) in [7, 11) is 1.33. The van der Waals surface area contributed by atoms with E-state index in [0.717, 1.165) is 52.9 Å². The number of nitrogens with zero attached hydrogens (tertiary/aromatic N) is 1. The number of benzene rings is 2. The summed E-state index contributed by atoms with van der Waals surface area (Å²) in [4.78, 5) is 44.6. The summed E-state index contributed by atoms with van der Waals surface area (Å²) < 4.78 is 11.2. The lowest BCUT2D eigenvalue weighted by atomic mass is 9.40. The highest BCUT2D eigenvalue weighted by Gasteiger charge is 2.60. The van der Waals surface area contributed by atoms with Crippen LogP contribution in [0.1, 0.15) is 85.6 Å². The minimum absolute atomic E-state index is 0.0813. The highest BCUT2D eigenvalue weighted by Crippen LogP contribution is 2.69. The zero-order chi connectivity index (χ0) is 30.1. The summed E-state index contributed by atoms with van der Waals surface area (Å²) in [5.74, 6) is -0.722. The van der Waals surface area contributed by atoms with Crippen LogP contribution in [-0.4, -0.2) is 53.4 Å². The summed E-state index contributed by atoms with van der Waals surface area (Å²) in [6.45, 7) is 5.32. The third-order valence-corrected chi connectivity index (χ3v) is 10.9. The first-order valence-electron chi connectivity index (χ1n) is 15.4. The monoisotopic (exact) mass is 602 g/mol. The number of halogens is 1. The number of amides is 1. The van der Waals surface area contributed by atoms with Gasteiger partial charge in [0.05, 0.1) is 25.3 Å². The molecule has 1 amide bonds. The van der Waals surface area contributed by atoms with Crippen LogP contribution in [-0.2, 0) is 25.5 Å². The van der Waals surface area contributed by atoms with Crippen LogP contribution in [0.5, 0.6) is 0 Å². The summed E-state index contributed by atoms with van der Waals surface area (Å²) in [5.41, 5.74) is 4.76. The van der Waals surface area contributed by atoms with E-state index in [1.165, 1.54) is 31.3 Å². The molecule has 1 N–H and O–H groups in total. The molecule has 7 nitrogen and oxygen atoms in total. The van der Waals surface area contributed by atoms with Gasteiger partial charge in [0, 0.05) is 28.4 Å². The van der Waals surface area contributed by atoms with Crippen LogP contribution in [0.2, 0.25) is 0 Å². The maximum Gasteiger partial charge on any atom is 0.338 e. The maximum atomic E-state index is 13.3. The third kappa shape index (κ3) is 4.75. The molecule has 1 aromatic heterocycles. The van der Waals surface area contributed by atoms with Gasteiger partial charge in [0.2, 0.25) is 5.91 Å². The molecule has 4 fully saturated rings. The fourth-order valence-corrected chi connectivity index (χ4v) is 10.4. The van der Waals surface area contributed by atoms with E-state index in [9.17, 15) is 14.4 Å². The zero-order valence-electron chi connectivity index (χ0n) is 25.1. The quantitative estimate of drug-likeness (QED) is 0.254. The Hall–Kier alpha value is -3.32. The van der Waals surface area contributed by atoms with Gasteiger partial charge in [-0.2, -0.15) is 0 Å². The highest BCUT2D eigenvalue weighted by molar-refractivity contribution is 6.27. The minimum atomic E-state index is -0.832. The molecule has 0 saturated heterocycles. The van der Waals surface area contributed by atoms with Crippen molar-refractivity contribution in [3.63, 3.8) is 0 Å². The van der Waals surface area contributed by atoms with E-state index in [1.54, 1.807) is 12.1 Å². The molecule has 8 rings (SSSR count). The predicted molar refractivity (Wildman–Crippen MR) is 164 cm³/mol. The molecule has 3 aromatic rings. The average Bonchev–Trinajstić information content (AvgIpc) is 3.35. The van der Waals surface area contributed by atoms with Gasteiger partial charge in [-0.1, -0.05) is 44.2 Å². The van der Waals surface area contributed by atoms with Crippen LogP contribution < -0.4 is 0 Å². The highest BCUT2D eigenvalue weighted by atomic mass is 35.5. The van der Waals surface area contributed by atoms with Crippen LogP contribution in [0.25, 0.3) is 10.9 Å². The molecule has 226 valence electrons. The molecule has 4 saturated carbocycles. The molecule has 0 radical (unpaired) electrons. The van der Waals surface area contributed by atoms with Crippen LogP contribution in [0.3, 0.4) is 0 Å². The van der Waals surface area contributed by atoms with Crippen molar-refractivity contribution >= 4 is 40.3 Å². The van der Waals surface area contributed by atoms with Crippen molar-refractivity contribution in [3.8, 4) is 0 Å². The molecule has 5 aliphatic rings. The van der Waals surface area contributed by atoms with E-state index in [-0.39, 0.29) is 23.2 Å². The van der Waals surface area contributed by atoms with Gasteiger partial charge in [0.1, 0.15) is 11.9 Å². The number of esters is 2. The molecule has 4 atom stereocenters. The van der Waals surface area contributed by atoms with Crippen molar-refractivity contribution in [1.82, 2.24) is 9.88 Å². The Morgan fingerprint density at radius 3 is 2.33 bits per heavy atom. The number of carbonyl (C=O) groups is 3. The van der Waals surface area contributed by atoms with E-state index in [0.29, 0.717) is 29.4 Å². The molecule has 2 aromatic carbocycles. The Morgan fingerprint density at radius 1 is 0.977 bits per heavy atom. The number of para-hydroxylation sites is 1. The van der Waals surface area contributed by atoms with Gasteiger partial charge in [-0.25, -0.2) is 9.59 Å². The Morgan fingerprint density at radius 2 is 1.67 bits per heavy atom. The van der Waals surface area contributed by atoms with Gasteiger partial charge >= 0.3 is 11.9 Å². The molecule has 0 spiro atoms. The Labute approximate surface area is 257 Å². The molecular weight excluding hydrogens is 564 g/mol. The Kier molecular flexibility index (Phi) is 6.69. The standard InChI is InChI=1S/C35H39ClN2O5/c1-33-13-21-14-34(2,17-33)19-35(15-21,18-33)20-43-31(40)23-10-8-22(9-11-23)30-29-25(24-6-4-5-7-26(24)37-29)12-27(32(41)42-3)38(30)28(39)16-36/h4-11,21,27,30,37H,12-20H2,1-3H3/t21?,27-,30+,33?,34?,35?/m1/s1. The lowest BCUT2D eigenvalue weighted by Crippen LogP contribution is -2.56. The SMILES string of the molecule is COC(=O)[C@H]1Cc2c([nH]c3ccccc23)[C@H](c2ccc(C(=O)OCC34CC5CC(C)(CC(C)(C5)C3)C4)cc2)N1C(=O)CCl. The first-order chi connectivity index (χ1) is 20.5. The number of fused-ring (bicyclic) bond motifs is 3. The molecule has 4 aliphatic carbocycles. The number of rotatable bonds is 6. The van der Waals surface area contributed by atoms with E-state index in [4.69, 9.17) is 21.1 Å². The number of hydrogen-bond acceptors (Lipinski definition) is 5. The molecule has 4 bridgehead atoms. The molecule has 1 aliphatic heterocycles. The van der Waals surface area contributed by atoms with E-state index >= 15 is 0 Å². The number of hydrogen-bond donors (Lipinski definition) is 1. The average molecular weight is 603 g/mol. The van der Waals surface area contributed by atoms with E-state index < -0.39 is 18.1 Å². The van der Waals surface area contributed by atoms with Gasteiger partial charge in [-0.3, -0.25) is 4.79 Å². The Balaban J connectivity index is 1.17. The third-order valence-electron chi connectivity index (χ3n) is 10.7. The number of aromatic amines is 1. The van der Waals surface area contributed by atoms with E-state index in [2.05, 4.69) is 18.8 Å². The van der Waals surface area contributed by atoms with Crippen LogP contribution in [0.15, 0.2) is 48.5 Å². The van der Waals surface area contributed by atoms with Crippen LogP contribution >= 0.6 is 11.6 Å². The number of alkyl halides is 1. The number of ether oxygens (including phenoxy) is 2. The fourth-order valence-electron chi connectivity index (χ4n) is 10.3. The van der Waals surface area contributed by atoms with Crippen molar-refractivity contribution in [2.75, 3.05) is 19.6 Å². The first-order valence-corrected chi connectivity index (χ1v) is 15.9. The molecular formula is C35H39ClN2O5. The van der Waals surface area contributed by atoms with Gasteiger partial charge in [0.15, 0.2) is 0 Å². The van der Waals surface area contributed by atoms with E-state index in [1.807, 2.05) is 36.4 Å². The van der Waals surface area contributed by atoms with Gasteiger partial charge in [-0.05, 0) is 84.6 Å². The first kappa shape index (κ1) is 28.5. The van der Waals surface area contributed by atoms with Crippen LogP contribution in [0.4, 0.5) is 0 Å². The predicted octanol–water partition coefficient (Wildman–Crippen LogP) is 6.58. The number of aromatic nitrogens is 1. The number of H-pyrrole nitrogens is 1. The smallest absolute Gasteiger partial charge is 0.338 e. The number of methoxy groups -OCH3 is 1. The van der Waals surface area contributed by atoms with Gasteiger partial charge < -0.3 is 19.4 Å². The maximum absolute atomic E-state index is 13.3. The molecule has 8 heteroatoms. The van der Waals surface area contributed by atoms with Gasteiger partial charge in [-0.15, -0.1) is 11.6 Å². The molecule has 2 heterocycles. The normalized spacial score (nSPS) is 32.5. The molecule has 43 heavy (non-hydrogen) atoms. The van der Waals surface area contributed by atoms with Crippen LogP contribution in [0, 0.1) is 22.2 Å². The van der Waals surface area contributed by atoms with Gasteiger partial charge in [0.25, 0.3) is 0 Å². The Bertz CT molecular complexity index is 1590. The second-order valence-electron chi connectivity index (χ2n) is 14.5. The number of carbonyl (C=O) groups excluding carboxylic acids is 3. The lowest BCUT2D eigenvalue weighted by Gasteiger charge is -2.65. The second-order valence-corrected chi connectivity index (χ2v) is 14.7. The van der Waals surface area contributed by atoms with Crippen molar-refractivity contribution in [3.05, 3.63) is 70.9 Å². The van der Waals surface area contributed by atoms with Crippen molar-refractivity contribution in [1.29, 1.82) is 0 Å². The topological polar surface area (TPSA) is 88.7 Å². The zero-order valence-corrected chi connectivity index (χ0v) is 25.8. The summed E-state index contributed by atoms with van der Waals surface area (Å²) in [5, 5.41) is 1.00. The lowest BCUT2D eigenvalue weighted by molar-refractivity contribution is -0.160. The summed E-state index contributed by atoms with van der Waals surface area (Å²) >= 11 is 6.07. The van der Waals surface area contributed by atoms with Crippen molar-refractivity contribution in [2.45, 2.75) is 70.9 Å². The fraction of sp³-hybridized carbons (Fsp3) is 0.514. The van der Waals surface area contributed by atoms with Crippen molar-refractivity contribution in [2.24, 2.45) is 22.2 Å². The van der Waals surface area contributed by atoms with Crippen molar-refractivity contribution < 1.29 is 23.9 Å². The summed E-state index contributed by atoms with van der Waals surface area (Å²) in [6, 6.07) is 13.7. The largest absolute Gasteiger partial charge is 0.467 e.